The molecule has 0 aliphatic carbocycles. The minimum Gasteiger partial charge on any atom is -0.493 e. The molecule has 0 saturated carbocycles. The largest absolute Gasteiger partial charge is 0.493 e. The average Bonchev–Trinajstić information content (AvgIpc) is 3.26. The van der Waals surface area contributed by atoms with Crippen molar-refractivity contribution in [2.24, 2.45) is 0 Å². The van der Waals surface area contributed by atoms with Gasteiger partial charge in [-0.2, -0.15) is 13.2 Å². The monoisotopic (exact) mass is 540 g/mol. The molecule has 0 unspecified atom stereocenters. The van der Waals surface area contributed by atoms with E-state index in [0.717, 1.165) is 21.5 Å². The molecule has 0 aromatic heterocycles. The van der Waals surface area contributed by atoms with Crippen LogP contribution in [-0.4, -0.2) is 41.7 Å². The molecule has 1 saturated heterocycles. The van der Waals surface area contributed by atoms with Crippen molar-refractivity contribution < 1.29 is 32.6 Å². The lowest BCUT2D eigenvalue weighted by Gasteiger charge is -2.14. The van der Waals surface area contributed by atoms with Crippen LogP contribution in [0.1, 0.15) is 48.5 Å². The summed E-state index contributed by atoms with van der Waals surface area (Å²) in [6, 6.07) is 13.1. The minimum absolute atomic E-state index is 0.145. The number of hydrogen-bond acceptors (Lipinski definition) is 4. The van der Waals surface area contributed by atoms with Crippen LogP contribution in [0.3, 0.4) is 0 Å². The first-order chi connectivity index (χ1) is 16.0. The zero-order valence-electron chi connectivity index (χ0n) is 18.5. The summed E-state index contributed by atoms with van der Waals surface area (Å²) < 4.78 is 38.3. The number of aliphatic carboxylic acids is 1. The zero-order valence-corrected chi connectivity index (χ0v) is 20.1. The Hall–Kier alpha value is -2.85. The Labute approximate surface area is 203 Å². The number of nitrogens with zero attached hydrogens (tertiary/aromatic N) is 1. The molecule has 34 heavy (non-hydrogen) atoms. The third-order valence-electron chi connectivity index (χ3n) is 5.70. The van der Waals surface area contributed by atoms with Crippen molar-refractivity contribution in [3.63, 3.8) is 0 Å². The van der Waals surface area contributed by atoms with Gasteiger partial charge in [0.1, 0.15) is 5.75 Å². The van der Waals surface area contributed by atoms with Gasteiger partial charge in [-0.15, -0.1) is 0 Å². The highest BCUT2D eigenvalue weighted by atomic mass is 79.9. The molecule has 1 fully saturated rings. The Bertz CT molecular complexity index is 1100. The summed E-state index contributed by atoms with van der Waals surface area (Å²) in [5.41, 5.74) is 4.50. The van der Waals surface area contributed by atoms with Gasteiger partial charge in [0.2, 0.25) is 5.91 Å². The molecule has 2 aliphatic heterocycles. The standard InChI is InChI=1S/C22H23BrN2O2.C2HF3O2/c1-3-27-21-10-5-15(23)12-14(21)4-11-22(26)24-16-6-7-17-18(13-16)20-9-8-19(17)25(20)2;3-2(4,5)1(6)7/h4-7,10-13,19-20H,3,8-9H2,1-2H3,(H,24,26);(H,6,7)/b11-4+;/t19-,20+;/m1./s1. The Morgan fingerprint density at radius 2 is 1.82 bits per heavy atom. The van der Waals surface area contributed by atoms with E-state index >= 15 is 0 Å². The number of benzene rings is 2. The highest BCUT2D eigenvalue weighted by Crippen LogP contribution is 2.52. The fourth-order valence-corrected chi connectivity index (χ4v) is 4.60. The number of alkyl halides is 3. The molecule has 1 amide bonds. The van der Waals surface area contributed by atoms with E-state index in [1.807, 2.05) is 31.2 Å². The third-order valence-corrected chi connectivity index (χ3v) is 6.19. The maximum absolute atomic E-state index is 12.4. The summed E-state index contributed by atoms with van der Waals surface area (Å²) >= 11 is 3.46. The predicted molar refractivity (Wildman–Crippen MR) is 126 cm³/mol. The van der Waals surface area contributed by atoms with Gasteiger partial charge < -0.3 is 15.2 Å². The Morgan fingerprint density at radius 3 is 2.44 bits per heavy atom. The molecule has 2 N–H and O–H groups in total. The van der Waals surface area contributed by atoms with Gasteiger partial charge in [-0.05, 0) is 74.3 Å². The van der Waals surface area contributed by atoms with Crippen LogP contribution in [0.2, 0.25) is 0 Å². The van der Waals surface area contributed by atoms with Crippen molar-refractivity contribution in [1.29, 1.82) is 0 Å². The summed E-state index contributed by atoms with van der Waals surface area (Å²) in [4.78, 5) is 23.7. The SMILES string of the molecule is CCOc1ccc(Br)cc1/C=C/C(=O)Nc1ccc2c(c1)[C@@H]1CC[C@H]2N1C.O=C(O)C(F)(F)F. The van der Waals surface area contributed by atoms with Gasteiger partial charge in [0.15, 0.2) is 0 Å². The normalized spacial score (nSPS) is 18.9. The zero-order chi connectivity index (χ0) is 25.0. The van der Waals surface area contributed by atoms with Crippen molar-refractivity contribution in [1.82, 2.24) is 4.90 Å². The number of carbonyl (C=O) groups excluding carboxylic acids is 1. The number of carbonyl (C=O) groups is 2. The number of carboxylic acids is 1. The van der Waals surface area contributed by atoms with Crippen molar-refractivity contribution in [3.8, 4) is 5.75 Å². The molecule has 0 spiro atoms. The number of anilines is 1. The van der Waals surface area contributed by atoms with E-state index in [4.69, 9.17) is 14.6 Å². The first-order valence-corrected chi connectivity index (χ1v) is 11.4. The number of fused-ring (bicyclic) bond motifs is 5. The average molecular weight is 541 g/mol. The van der Waals surface area contributed by atoms with Gasteiger partial charge in [-0.1, -0.05) is 22.0 Å². The number of rotatable bonds is 5. The van der Waals surface area contributed by atoms with Gasteiger partial charge in [0, 0.05) is 33.9 Å². The summed E-state index contributed by atoms with van der Waals surface area (Å²) in [6.45, 7) is 2.53. The van der Waals surface area contributed by atoms with E-state index < -0.39 is 12.1 Å². The fourth-order valence-electron chi connectivity index (χ4n) is 4.22. The third kappa shape index (κ3) is 5.98. The second-order valence-corrected chi connectivity index (χ2v) is 8.77. The van der Waals surface area contributed by atoms with E-state index in [1.165, 1.54) is 24.0 Å². The molecule has 6 nitrogen and oxygen atoms in total. The van der Waals surface area contributed by atoms with Gasteiger partial charge in [-0.25, -0.2) is 4.79 Å². The highest BCUT2D eigenvalue weighted by Gasteiger charge is 2.41. The Kier molecular flexibility index (Phi) is 8.04. The Balaban J connectivity index is 0.000000406. The van der Waals surface area contributed by atoms with Crippen LogP contribution in [0.25, 0.3) is 6.08 Å². The molecule has 0 radical (unpaired) electrons. The lowest BCUT2D eigenvalue weighted by Crippen LogP contribution is -2.21. The van der Waals surface area contributed by atoms with Crippen LogP contribution in [0.4, 0.5) is 18.9 Å². The summed E-state index contributed by atoms with van der Waals surface area (Å²) in [7, 11) is 2.19. The quantitative estimate of drug-likeness (QED) is 0.458. The van der Waals surface area contributed by atoms with E-state index in [2.05, 4.69) is 45.3 Å². The second-order valence-electron chi connectivity index (χ2n) is 7.86. The van der Waals surface area contributed by atoms with Crippen LogP contribution in [-0.2, 0) is 9.59 Å². The van der Waals surface area contributed by atoms with Gasteiger partial charge in [0.25, 0.3) is 0 Å². The van der Waals surface area contributed by atoms with E-state index in [1.54, 1.807) is 12.2 Å². The number of ether oxygens (including phenoxy) is 1. The number of nitrogens with one attached hydrogen (secondary N) is 1. The number of carboxylic acid groups (broad SMARTS) is 1. The summed E-state index contributed by atoms with van der Waals surface area (Å²) in [5, 5.41) is 10.1. The summed E-state index contributed by atoms with van der Waals surface area (Å²) in [6.07, 6.45) is 0.690. The molecule has 2 heterocycles. The number of halogens is 4. The number of amides is 1. The van der Waals surface area contributed by atoms with Crippen molar-refractivity contribution in [2.75, 3.05) is 19.0 Å². The molecule has 182 valence electrons. The summed E-state index contributed by atoms with van der Waals surface area (Å²) in [5.74, 6) is -2.14. The molecular formula is C24H24BrF3N2O4. The van der Waals surface area contributed by atoms with Crippen LogP contribution in [0.15, 0.2) is 46.9 Å². The predicted octanol–water partition coefficient (Wildman–Crippen LogP) is 5.95. The van der Waals surface area contributed by atoms with Crippen molar-refractivity contribution in [2.45, 2.75) is 38.0 Å². The molecule has 2 aromatic rings. The topological polar surface area (TPSA) is 78.9 Å². The molecule has 2 aromatic carbocycles. The highest BCUT2D eigenvalue weighted by molar-refractivity contribution is 9.10. The lowest BCUT2D eigenvalue weighted by atomic mass is 9.91. The van der Waals surface area contributed by atoms with E-state index in [9.17, 15) is 18.0 Å². The molecular weight excluding hydrogens is 517 g/mol. The Morgan fingerprint density at radius 1 is 1.18 bits per heavy atom. The molecule has 2 bridgehead atoms. The van der Waals surface area contributed by atoms with Crippen molar-refractivity contribution >= 4 is 39.6 Å². The fraction of sp³-hybridized carbons (Fsp3) is 0.333. The maximum atomic E-state index is 12.4. The van der Waals surface area contributed by atoms with Gasteiger partial charge >= 0.3 is 12.1 Å². The molecule has 2 atom stereocenters. The first-order valence-electron chi connectivity index (χ1n) is 10.6. The number of hydrogen-bond donors (Lipinski definition) is 2. The van der Waals surface area contributed by atoms with Crippen LogP contribution >= 0.6 is 15.9 Å². The molecule has 10 heteroatoms. The van der Waals surface area contributed by atoms with E-state index in [-0.39, 0.29) is 5.91 Å². The first kappa shape index (κ1) is 25.8. The molecule has 2 aliphatic rings. The van der Waals surface area contributed by atoms with Crippen LogP contribution < -0.4 is 10.1 Å². The molecule has 4 rings (SSSR count). The maximum Gasteiger partial charge on any atom is 0.490 e. The minimum atomic E-state index is -5.08. The van der Waals surface area contributed by atoms with Crippen molar-refractivity contribution in [3.05, 3.63) is 63.6 Å². The smallest absolute Gasteiger partial charge is 0.490 e. The van der Waals surface area contributed by atoms with E-state index in [0.29, 0.717) is 18.7 Å². The van der Waals surface area contributed by atoms with Crippen LogP contribution in [0, 0.1) is 0 Å². The second kappa shape index (κ2) is 10.6. The van der Waals surface area contributed by atoms with Crippen LogP contribution in [0.5, 0.6) is 5.75 Å². The van der Waals surface area contributed by atoms with Gasteiger partial charge in [-0.3, -0.25) is 9.69 Å². The lowest BCUT2D eigenvalue weighted by molar-refractivity contribution is -0.192. The van der Waals surface area contributed by atoms with Gasteiger partial charge in [0.05, 0.1) is 6.61 Å².